The lowest BCUT2D eigenvalue weighted by molar-refractivity contribution is -0.148. The Kier molecular flexibility index (Phi) is 3.83. The molecular formula is C21H26N2O3. The number of carbonyl (C=O) groups is 1. The number of fused-ring (bicyclic) bond motifs is 2. The summed E-state index contributed by atoms with van der Waals surface area (Å²) in [6.07, 6.45) is 4.43. The zero-order valence-electron chi connectivity index (χ0n) is 15.2. The van der Waals surface area contributed by atoms with Crippen LogP contribution < -0.4 is 0 Å². The number of aromatic amines is 1. The number of likely N-dealkylation sites (tertiary alicyclic amines) is 1. The summed E-state index contributed by atoms with van der Waals surface area (Å²) in [5.74, 6) is 1.01. The average Bonchev–Trinajstić information content (AvgIpc) is 3.41. The Bertz CT molecular complexity index is 854. The third kappa shape index (κ3) is 2.48. The van der Waals surface area contributed by atoms with Crippen LogP contribution in [0.4, 0.5) is 0 Å². The number of piperidine rings is 1. The van der Waals surface area contributed by atoms with Gasteiger partial charge in [0, 0.05) is 41.6 Å². The van der Waals surface area contributed by atoms with Crippen molar-refractivity contribution in [3.63, 3.8) is 0 Å². The van der Waals surface area contributed by atoms with Crippen LogP contribution in [-0.4, -0.2) is 47.2 Å². The summed E-state index contributed by atoms with van der Waals surface area (Å²) in [7, 11) is 1.50. The van der Waals surface area contributed by atoms with Gasteiger partial charge in [-0.25, -0.2) is 0 Å². The number of H-pyrrole nitrogens is 1. The number of carbonyl (C=O) groups excluding carboxylic acids is 1. The Morgan fingerprint density at radius 2 is 2.23 bits per heavy atom. The third-order valence-electron chi connectivity index (χ3n) is 6.67. The summed E-state index contributed by atoms with van der Waals surface area (Å²) in [4.78, 5) is 18.3. The lowest BCUT2D eigenvalue weighted by Gasteiger charge is -2.46. The molecule has 138 valence electrons. The molecule has 3 aliphatic rings. The van der Waals surface area contributed by atoms with E-state index in [1.54, 1.807) is 0 Å². The Morgan fingerprint density at radius 1 is 1.38 bits per heavy atom. The van der Waals surface area contributed by atoms with Crippen LogP contribution in [0.25, 0.3) is 10.9 Å². The molecule has 3 atom stereocenters. The second kappa shape index (κ2) is 6.10. The second-order valence-corrected chi connectivity index (χ2v) is 8.24. The maximum absolute atomic E-state index is 12.3. The number of aliphatic hydroxyl groups excluding tert-OH is 1. The van der Waals surface area contributed by atoms with Gasteiger partial charge in [0.05, 0.1) is 19.6 Å². The molecular weight excluding hydrogens is 328 g/mol. The number of ether oxygens (including phenoxy) is 1. The third-order valence-corrected chi connectivity index (χ3v) is 6.67. The van der Waals surface area contributed by atoms with Crippen LogP contribution >= 0.6 is 0 Å². The average molecular weight is 354 g/mol. The van der Waals surface area contributed by atoms with E-state index in [0.717, 1.165) is 43.1 Å². The highest BCUT2D eigenvalue weighted by molar-refractivity contribution is 5.90. The fourth-order valence-electron chi connectivity index (χ4n) is 5.27. The molecule has 2 heterocycles. The highest BCUT2D eigenvalue weighted by Gasteiger charge is 2.44. The van der Waals surface area contributed by atoms with Gasteiger partial charge >= 0.3 is 5.97 Å². The van der Waals surface area contributed by atoms with Crippen LogP contribution in [0.15, 0.2) is 18.2 Å². The minimum absolute atomic E-state index is 0.0481. The van der Waals surface area contributed by atoms with Crippen molar-refractivity contribution in [3.05, 3.63) is 35.0 Å². The summed E-state index contributed by atoms with van der Waals surface area (Å²) in [6.45, 7) is 1.93. The first-order valence-corrected chi connectivity index (χ1v) is 9.74. The number of hydrogen-bond donors (Lipinski definition) is 2. The molecule has 1 aliphatic heterocycles. The number of methoxy groups -OCH3 is 1. The SMILES string of the molecule is COC(=O)[C@H]1CC2c3cccc4[nH]c(CO)c(c34)C[C@H]2N(CC2CC2)C1. The summed E-state index contributed by atoms with van der Waals surface area (Å²) in [6, 6.07) is 6.81. The van der Waals surface area contributed by atoms with Crippen molar-refractivity contribution in [2.24, 2.45) is 11.8 Å². The molecule has 0 radical (unpaired) electrons. The van der Waals surface area contributed by atoms with Gasteiger partial charge in [0.25, 0.3) is 0 Å². The van der Waals surface area contributed by atoms with Crippen LogP contribution in [-0.2, 0) is 22.6 Å². The molecule has 2 aliphatic carbocycles. The predicted molar refractivity (Wildman–Crippen MR) is 98.9 cm³/mol. The van der Waals surface area contributed by atoms with E-state index >= 15 is 0 Å². The van der Waals surface area contributed by atoms with Gasteiger partial charge in [-0.1, -0.05) is 12.1 Å². The maximum atomic E-state index is 12.3. The quantitative estimate of drug-likeness (QED) is 0.829. The molecule has 1 saturated carbocycles. The van der Waals surface area contributed by atoms with Gasteiger partial charge in [-0.15, -0.1) is 0 Å². The molecule has 0 bridgehead atoms. The van der Waals surface area contributed by atoms with Gasteiger partial charge in [0.15, 0.2) is 0 Å². The van der Waals surface area contributed by atoms with Gasteiger partial charge in [0.2, 0.25) is 0 Å². The molecule has 2 N–H and O–H groups in total. The Morgan fingerprint density at radius 3 is 2.96 bits per heavy atom. The molecule has 1 aromatic carbocycles. The summed E-state index contributed by atoms with van der Waals surface area (Å²) >= 11 is 0. The number of nitrogens with one attached hydrogen (secondary N) is 1. The van der Waals surface area contributed by atoms with Crippen molar-refractivity contribution >= 4 is 16.9 Å². The first kappa shape index (κ1) is 16.3. The molecule has 5 rings (SSSR count). The van der Waals surface area contributed by atoms with Crippen molar-refractivity contribution < 1.29 is 14.6 Å². The van der Waals surface area contributed by atoms with Gasteiger partial charge in [0.1, 0.15) is 0 Å². The van der Waals surface area contributed by atoms with Gasteiger partial charge < -0.3 is 14.8 Å². The summed E-state index contributed by atoms with van der Waals surface area (Å²) in [5, 5.41) is 11.1. The van der Waals surface area contributed by atoms with Crippen molar-refractivity contribution in [2.45, 2.75) is 44.2 Å². The Labute approximate surface area is 153 Å². The Balaban J connectivity index is 1.59. The van der Waals surface area contributed by atoms with Crippen LogP contribution in [0.1, 0.15) is 42.0 Å². The molecule has 0 amide bonds. The zero-order chi connectivity index (χ0) is 17.8. The predicted octanol–water partition coefficient (Wildman–Crippen LogP) is 2.57. The zero-order valence-corrected chi connectivity index (χ0v) is 15.2. The molecule has 5 nitrogen and oxygen atoms in total. The van der Waals surface area contributed by atoms with Crippen LogP contribution in [0.3, 0.4) is 0 Å². The van der Waals surface area contributed by atoms with E-state index in [4.69, 9.17) is 4.74 Å². The number of benzene rings is 1. The van der Waals surface area contributed by atoms with E-state index in [2.05, 4.69) is 28.1 Å². The lowest BCUT2D eigenvalue weighted by Crippen LogP contribution is -2.52. The Hall–Kier alpha value is -1.85. The topological polar surface area (TPSA) is 65.6 Å². The highest BCUT2D eigenvalue weighted by Crippen LogP contribution is 2.47. The molecule has 2 aromatic rings. The molecule has 0 spiro atoms. The van der Waals surface area contributed by atoms with Crippen molar-refractivity contribution in [3.8, 4) is 0 Å². The van der Waals surface area contributed by atoms with Gasteiger partial charge in [-0.3, -0.25) is 9.69 Å². The van der Waals surface area contributed by atoms with E-state index in [1.807, 2.05) is 0 Å². The number of aliphatic hydroxyl groups is 1. The molecule has 5 heteroatoms. The fourth-order valence-corrected chi connectivity index (χ4v) is 5.27. The van der Waals surface area contributed by atoms with Crippen LogP contribution in [0, 0.1) is 11.8 Å². The van der Waals surface area contributed by atoms with Crippen molar-refractivity contribution in [1.29, 1.82) is 0 Å². The summed E-state index contributed by atoms with van der Waals surface area (Å²) < 4.78 is 5.10. The van der Waals surface area contributed by atoms with Crippen molar-refractivity contribution in [2.75, 3.05) is 20.2 Å². The number of rotatable bonds is 4. The second-order valence-electron chi connectivity index (χ2n) is 8.24. The number of aromatic nitrogens is 1. The van der Waals surface area contributed by atoms with Gasteiger partial charge in [-0.2, -0.15) is 0 Å². The number of hydrogen-bond acceptors (Lipinski definition) is 4. The van der Waals surface area contributed by atoms with Crippen molar-refractivity contribution in [1.82, 2.24) is 9.88 Å². The van der Waals surface area contributed by atoms with Crippen LogP contribution in [0.5, 0.6) is 0 Å². The van der Waals surface area contributed by atoms with E-state index < -0.39 is 0 Å². The standard InChI is InChI=1S/C21H26N2O3/c1-26-21(25)13-7-15-14-3-2-4-17-20(14)16(18(11-24)22-17)8-19(15)23(10-13)9-12-5-6-12/h2-4,12-13,15,19,22,24H,5-11H2,1H3/t13-,15?,19+/m0/s1. The minimum Gasteiger partial charge on any atom is -0.469 e. The highest BCUT2D eigenvalue weighted by atomic mass is 16.5. The number of esters is 1. The van der Waals surface area contributed by atoms with E-state index in [1.165, 1.54) is 36.5 Å². The van der Waals surface area contributed by atoms with E-state index in [-0.39, 0.29) is 18.5 Å². The normalized spacial score (nSPS) is 28.2. The molecule has 2 fully saturated rings. The molecule has 26 heavy (non-hydrogen) atoms. The fraction of sp³-hybridized carbons (Fsp3) is 0.571. The minimum atomic E-state index is -0.0765. The molecule has 1 aromatic heterocycles. The molecule has 1 saturated heterocycles. The van der Waals surface area contributed by atoms with Gasteiger partial charge in [-0.05, 0) is 48.8 Å². The smallest absolute Gasteiger partial charge is 0.309 e. The maximum Gasteiger partial charge on any atom is 0.309 e. The first-order chi connectivity index (χ1) is 12.7. The first-order valence-electron chi connectivity index (χ1n) is 9.74. The lowest BCUT2D eigenvalue weighted by atomic mass is 9.71. The molecule has 1 unspecified atom stereocenters. The van der Waals surface area contributed by atoms with E-state index in [0.29, 0.717) is 12.0 Å². The summed E-state index contributed by atoms with van der Waals surface area (Å²) in [5.41, 5.74) is 4.66. The van der Waals surface area contributed by atoms with Crippen LogP contribution in [0.2, 0.25) is 0 Å². The van der Waals surface area contributed by atoms with E-state index in [9.17, 15) is 9.90 Å². The monoisotopic (exact) mass is 354 g/mol. The number of nitrogens with zero attached hydrogens (tertiary/aromatic N) is 1. The largest absolute Gasteiger partial charge is 0.469 e.